The number of amides is 1. The number of carbonyl (C=O) groups is 2. The van der Waals surface area contributed by atoms with Crippen molar-refractivity contribution in [1.82, 2.24) is 5.32 Å². The highest BCUT2D eigenvalue weighted by Crippen LogP contribution is 2.31. The number of aryl methyl sites for hydroxylation is 1. The normalized spacial score (nSPS) is 13.5. The Morgan fingerprint density at radius 2 is 1.95 bits per heavy atom. The summed E-state index contributed by atoms with van der Waals surface area (Å²) in [7, 11) is 1.25. The van der Waals surface area contributed by atoms with Gasteiger partial charge in [-0.2, -0.15) is 13.2 Å². The van der Waals surface area contributed by atoms with Crippen LogP contribution in [0.25, 0.3) is 10.1 Å². The van der Waals surface area contributed by atoms with E-state index in [4.69, 9.17) is 4.42 Å². The highest BCUT2D eigenvalue weighted by Gasteiger charge is 2.27. The Kier molecular flexibility index (Phi) is 9.96. The van der Waals surface area contributed by atoms with Gasteiger partial charge in [-0.25, -0.2) is 9.59 Å². The van der Waals surface area contributed by atoms with Crippen LogP contribution in [0.1, 0.15) is 65.6 Å². The number of ketones is 1. The average molecular weight is 566 g/mol. The molecule has 0 spiro atoms. The van der Waals surface area contributed by atoms with Gasteiger partial charge in [-0.05, 0) is 48.8 Å². The van der Waals surface area contributed by atoms with Crippen LogP contribution in [-0.2, 0) is 17.6 Å². The van der Waals surface area contributed by atoms with E-state index in [9.17, 15) is 32.7 Å². The topological polar surface area (TPSA) is 106 Å². The second-order valence-electron chi connectivity index (χ2n) is 9.38. The molecule has 0 bridgehead atoms. The summed E-state index contributed by atoms with van der Waals surface area (Å²) in [6.07, 6.45) is -1.26. The monoisotopic (exact) mass is 565 g/mol. The van der Waals surface area contributed by atoms with Gasteiger partial charge in [0.25, 0.3) is 0 Å². The molecule has 1 amide bonds. The van der Waals surface area contributed by atoms with E-state index in [1.165, 1.54) is 30.7 Å². The minimum absolute atomic E-state index is 0.103. The van der Waals surface area contributed by atoms with Gasteiger partial charge < -0.3 is 14.3 Å². The van der Waals surface area contributed by atoms with Gasteiger partial charge >= 0.3 is 17.9 Å². The molecule has 3 rings (SSSR count). The number of alkyl halides is 3. The average Bonchev–Trinajstić information content (AvgIpc) is 3.27. The number of rotatable bonds is 11. The summed E-state index contributed by atoms with van der Waals surface area (Å²) in [5, 5.41) is 13.8. The first kappa shape index (κ1) is 29.9. The maximum atomic E-state index is 13.1. The Balaban J connectivity index is 1.65. The summed E-state index contributed by atoms with van der Waals surface area (Å²) < 4.78 is 48.3. The molecule has 210 valence electrons. The van der Waals surface area contributed by atoms with Crippen LogP contribution in [0.3, 0.4) is 0 Å². The molecule has 0 fully saturated rings. The third-order valence-electron chi connectivity index (χ3n) is 6.24. The zero-order chi connectivity index (χ0) is 28.7. The van der Waals surface area contributed by atoms with Crippen molar-refractivity contribution in [3.05, 3.63) is 74.8 Å². The lowest BCUT2D eigenvalue weighted by atomic mass is 9.95. The van der Waals surface area contributed by atoms with E-state index in [1.54, 1.807) is 38.1 Å². The number of aromatic hydroxyl groups is 1. The van der Waals surface area contributed by atoms with Crippen molar-refractivity contribution >= 4 is 33.3 Å². The van der Waals surface area contributed by atoms with E-state index in [2.05, 4.69) is 10.1 Å². The van der Waals surface area contributed by atoms with E-state index >= 15 is 0 Å². The van der Waals surface area contributed by atoms with Gasteiger partial charge in [0.1, 0.15) is 17.1 Å². The molecule has 2 heterocycles. The molecule has 0 aliphatic carbocycles. The summed E-state index contributed by atoms with van der Waals surface area (Å²) in [4.78, 5) is 37.6. The Bertz CT molecular complexity index is 1410. The number of thiophene rings is 1. The fourth-order valence-corrected chi connectivity index (χ4v) is 5.30. The molecule has 0 radical (unpaired) electrons. The first-order valence-electron chi connectivity index (χ1n) is 12.4. The minimum atomic E-state index is -4.22. The lowest BCUT2D eigenvalue weighted by Gasteiger charge is -2.13. The van der Waals surface area contributed by atoms with E-state index in [1.807, 2.05) is 6.07 Å². The second kappa shape index (κ2) is 13.0. The van der Waals surface area contributed by atoms with Gasteiger partial charge in [0.15, 0.2) is 5.78 Å². The summed E-state index contributed by atoms with van der Waals surface area (Å²) in [6, 6.07) is 8.32. The van der Waals surface area contributed by atoms with Gasteiger partial charge in [-0.1, -0.05) is 32.1 Å². The van der Waals surface area contributed by atoms with Crippen LogP contribution in [0.15, 0.2) is 51.8 Å². The first-order chi connectivity index (χ1) is 18.4. The largest absolute Gasteiger partial charge is 0.507 e. The smallest absolute Gasteiger partial charge is 0.410 e. The Hall–Kier alpha value is -3.60. The van der Waals surface area contributed by atoms with Gasteiger partial charge in [-0.3, -0.25) is 10.1 Å². The molecule has 3 aromatic rings. The fraction of sp³-hybridized carbons (Fsp3) is 0.393. The number of Topliss-reactive ketones (excluding diaryl/α,β-unsaturated/α-hetero) is 1. The van der Waals surface area contributed by atoms with E-state index in [-0.39, 0.29) is 18.1 Å². The third-order valence-corrected chi connectivity index (χ3v) is 7.36. The number of carbonyl (C=O) groups excluding carboxylic acids is 2. The number of hydrogen-bond donors (Lipinski definition) is 2. The predicted molar refractivity (Wildman–Crippen MR) is 142 cm³/mol. The van der Waals surface area contributed by atoms with Crippen LogP contribution in [0.5, 0.6) is 5.75 Å². The number of hydrogen-bond acceptors (Lipinski definition) is 7. The number of alkyl carbamates (subject to hydrolysis) is 1. The quantitative estimate of drug-likeness (QED) is 0.246. The van der Waals surface area contributed by atoms with Crippen LogP contribution in [0.2, 0.25) is 0 Å². The van der Waals surface area contributed by atoms with Gasteiger partial charge in [0.2, 0.25) is 0 Å². The molecule has 7 nitrogen and oxygen atoms in total. The summed E-state index contributed by atoms with van der Waals surface area (Å²) in [6.45, 7) is 3.45. The minimum Gasteiger partial charge on any atom is -0.507 e. The molecule has 2 aromatic heterocycles. The van der Waals surface area contributed by atoms with Crippen LogP contribution >= 0.6 is 11.3 Å². The van der Waals surface area contributed by atoms with E-state index in [0.29, 0.717) is 24.8 Å². The molecule has 0 saturated heterocycles. The van der Waals surface area contributed by atoms with Crippen molar-refractivity contribution < 1.29 is 37.0 Å². The fourth-order valence-electron chi connectivity index (χ4n) is 4.04. The summed E-state index contributed by atoms with van der Waals surface area (Å²) in [5.41, 5.74) is -0.735. The summed E-state index contributed by atoms with van der Waals surface area (Å²) >= 11 is 1.38. The first-order valence-corrected chi connectivity index (χ1v) is 13.2. The number of halogens is 3. The third kappa shape index (κ3) is 8.44. The molecule has 2 N–H and O–H groups in total. The predicted octanol–water partition coefficient (Wildman–Crippen LogP) is 6.87. The van der Waals surface area contributed by atoms with Crippen LogP contribution in [-0.4, -0.2) is 30.3 Å². The number of allylic oxidation sites excluding steroid dienone is 1. The maximum absolute atomic E-state index is 13.1. The van der Waals surface area contributed by atoms with Crippen molar-refractivity contribution in [2.75, 3.05) is 7.11 Å². The summed E-state index contributed by atoms with van der Waals surface area (Å²) in [5.74, 6) is -1.65. The number of ether oxygens (including phenoxy) is 1. The highest BCUT2D eigenvalue weighted by atomic mass is 32.1. The van der Waals surface area contributed by atoms with Crippen LogP contribution in [0, 0.1) is 5.92 Å². The Labute approximate surface area is 227 Å². The molecule has 0 aliphatic heterocycles. The molecule has 0 aliphatic rings. The van der Waals surface area contributed by atoms with Gasteiger partial charge in [0, 0.05) is 40.1 Å². The molecule has 39 heavy (non-hydrogen) atoms. The van der Waals surface area contributed by atoms with E-state index < -0.39 is 47.3 Å². The Morgan fingerprint density at radius 1 is 1.21 bits per heavy atom. The lowest BCUT2D eigenvalue weighted by Crippen LogP contribution is -2.22. The number of nitrogens with one attached hydrogen (secondary N) is 1. The molecule has 2 unspecified atom stereocenters. The van der Waals surface area contributed by atoms with Crippen molar-refractivity contribution in [2.24, 2.45) is 5.92 Å². The molecular weight excluding hydrogens is 535 g/mol. The Morgan fingerprint density at radius 3 is 2.62 bits per heavy atom. The van der Waals surface area contributed by atoms with Crippen molar-refractivity contribution in [2.45, 2.75) is 58.0 Å². The molecule has 2 atom stereocenters. The van der Waals surface area contributed by atoms with E-state index in [0.717, 1.165) is 15.0 Å². The standard InChI is InChI=1S/C28H30F3NO6S/c1-16(6-4-5-11-32-27(36)37-3)22-15-21(33)24(26(35)38-22)25(34)17(2)12-20-14-19-8-7-18(13-23(19)39-20)9-10-28(29,30)31/h5,7-8,11,13-17,33H,4,6,9-10,12H2,1-3H3,(H,32,36)/b11-5+. The van der Waals surface area contributed by atoms with Crippen molar-refractivity contribution in [3.8, 4) is 5.75 Å². The number of fused-ring (bicyclic) bond motifs is 1. The number of benzene rings is 1. The number of methoxy groups -OCH3 is 1. The molecular formula is C28H30F3NO6S. The van der Waals surface area contributed by atoms with Crippen molar-refractivity contribution in [1.29, 1.82) is 0 Å². The molecule has 11 heteroatoms. The lowest BCUT2D eigenvalue weighted by molar-refractivity contribution is -0.134. The van der Waals surface area contributed by atoms with Gasteiger partial charge in [0.05, 0.1) is 7.11 Å². The zero-order valence-corrected chi connectivity index (χ0v) is 22.6. The van der Waals surface area contributed by atoms with Crippen LogP contribution < -0.4 is 10.9 Å². The van der Waals surface area contributed by atoms with Crippen LogP contribution in [0.4, 0.5) is 18.0 Å². The second-order valence-corrected chi connectivity index (χ2v) is 10.6. The molecule has 1 aromatic carbocycles. The zero-order valence-electron chi connectivity index (χ0n) is 21.8. The SMILES string of the molecule is COC(=O)N/C=C/CCC(C)c1cc(O)c(C(=O)C(C)Cc2cc3ccc(CCC(F)(F)F)cc3s2)c(=O)o1. The maximum Gasteiger partial charge on any atom is 0.410 e. The van der Waals surface area contributed by atoms with Gasteiger partial charge in [-0.15, -0.1) is 11.3 Å². The highest BCUT2D eigenvalue weighted by molar-refractivity contribution is 7.19. The molecule has 0 saturated carbocycles. The van der Waals surface area contributed by atoms with Crippen molar-refractivity contribution in [3.63, 3.8) is 0 Å².